The van der Waals surface area contributed by atoms with Crippen LogP contribution >= 0.6 is 11.3 Å². The smallest absolute Gasteiger partial charge is 0.212 e. The standard InChI is InChI=1S/C15H21NO3S2/c1-14(2)11-5-6-15(14,13(17)8-11)10-21(18,19)16-9-12-4-3-7-20-12/h3-4,7,11,16H,5-6,8-10H2,1-2H3/t11-,15+/m0/s1. The second-order valence-corrected chi connectivity index (χ2v) is 9.67. The molecule has 2 bridgehead atoms. The van der Waals surface area contributed by atoms with Gasteiger partial charge in [-0.15, -0.1) is 11.3 Å². The number of carbonyl (C=O) groups excluding carboxylic acids is 1. The Labute approximate surface area is 130 Å². The minimum atomic E-state index is -3.45. The van der Waals surface area contributed by atoms with Crippen molar-refractivity contribution in [1.82, 2.24) is 4.72 Å². The summed E-state index contributed by atoms with van der Waals surface area (Å²) in [6, 6.07) is 3.81. The molecule has 2 aliphatic rings. The summed E-state index contributed by atoms with van der Waals surface area (Å²) < 4.78 is 27.5. The van der Waals surface area contributed by atoms with Crippen LogP contribution in [0.15, 0.2) is 17.5 Å². The molecule has 0 aromatic carbocycles. The van der Waals surface area contributed by atoms with Crippen LogP contribution in [0.25, 0.3) is 0 Å². The van der Waals surface area contributed by atoms with E-state index in [1.807, 2.05) is 17.5 Å². The van der Waals surface area contributed by atoms with Crippen molar-refractivity contribution in [3.63, 3.8) is 0 Å². The van der Waals surface area contributed by atoms with Gasteiger partial charge in [0.15, 0.2) is 0 Å². The van der Waals surface area contributed by atoms with Gasteiger partial charge in [-0.3, -0.25) is 4.79 Å². The molecule has 0 unspecified atom stereocenters. The van der Waals surface area contributed by atoms with Crippen LogP contribution in [-0.2, 0) is 21.4 Å². The third kappa shape index (κ3) is 2.37. The van der Waals surface area contributed by atoms with E-state index in [1.54, 1.807) is 0 Å². The first kappa shape index (κ1) is 15.2. The maximum absolute atomic E-state index is 12.4. The molecular weight excluding hydrogens is 306 g/mol. The van der Waals surface area contributed by atoms with Gasteiger partial charge in [0.1, 0.15) is 5.78 Å². The van der Waals surface area contributed by atoms with Gasteiger partial charge in [-0.25, -0.2) is 13.1 Å². The molecule has 0 spiro atoms. The van der Waals surface area contributed by atoms with Crippen molar-refractivity contribution in [3.8, 4) is 0 Å². The Morgan fingerprint density at radius 3 is 2.71 bits per heavy atom. The number of Topliss-reactive ketones (excluding diaryl/α,β-unsaturated/α-hetero) is 1. The first-order chi connectivity index (χ1) is 9.77. The van der Waals surface area contributed by atoms with E-state index < -0.39 is 15.4 Å². The largest absolute Gasteiger partial charge is 0.299 e. The van der Waals surface area contributed by atoms with Crippen LogP contribution in [0.1, 0.15) is 38.0 Å². The molecular formula is C15H21NO3S2. The first-order valence-corrected chi connectivity index (χ1v) is 9.83. The molecule has 1 heterocycles. The van der Waals surface area contributed by atoms with Gasteiger partial charge in [-0.1, -0.05) is 19.9 Å². The Hall–Kier alpha value is -0.720. The highest BCUT2D eigenvalue weighted by atomic mass is 32.2. The molecule has 1 aromatic rings. The van der Waals surface area contributed by atoms with Crippen molar-refractivity contribution in [2.45, 2.75) is 39.7 Å². The fourth-order valence-electron chi connectivity index (χ4n) is 4.08. The number of hydrogen-bond donors (Lipinski definition) is 1. The average molecular weight is 327 g/mol. The van der Waals surface area contributed by atoms with Gasteiger partial charge in [0, 0.05) is 23.3 Å². The minimum Gasteiger partial charge on any atom is -0.299 e. The van der Waals surface area contributed by atoms with Gasteiger partial charge in [0.05, 0.1) is 5.75 Å². The van der Waals surface area contributed by atoms with Crippen LogP contribution in [0.3, 0.4) is 0 Å². The zero-order valence-corrected chi connectivity index (χ0v) is 14.0. The number of hydrogen-bond acceptors (Lipinski definition) is 4. The van der Waals surface area contributed by atoms with Crippen LogP contribution in [0, 0.1) is 16.7 Å². The van der Waals surface area contributed by atoms with Gasteiger partial charge in [0.25, 0.3) is 0 Å². The highest BCUT2D eigenvalue weighted by Gasteiger charge is 2.65. The monoisotopic (exact) mass is 327 g/mol. The zero-order valence-electron chi connectivity index (χ0n) is 12.4. The molecule has 1 aromatic heterocycles. The number of rotatable bonds is 5. The molecule has 2 saturated carbocycles. The first-order valence-electron chi connectivity index (χ1n) is 7.30. The second kappa shape index (κ2) is 4.89. The number of thiophene rings is 1. The molecule has 2 atom stereocenters. The third-order valence-electron chi connectivity index (χ3n) is 5.62. The normalized spacial score (nSPS) is 31.0. The average Bonchev–Trinajstić information content (AvgIpc) is 3.02. The van der Waals surface area contributed by atoms with E-state index in [2.05, 4.69) is 18.6 Å². The summed E-state index contributed by atoms with van der Waals surface area (Å²) in [6.45, 7) is 4.43. The van der Waals surface area contributed by atoms with E-state index >= 15 is 0 Å². The molecule has 0 saturated heterocycles. The quantitative estimate of drug-likeness (QED) is 0.904. The Kier molecular flexibility index (Phi) is 3.54. The number of carbonyl (C=O) groups is 1. The van der Waals surface area contributed by atoms with Crippen LogP contribution in [0.2, 0.25) is 0 Å². The van der Waals surface area contributed by atoms with Crippen molar-refractivity contribution in [2.75, 3.05) is 5.75 Å². The summed E-state index contributed by atoms with van der Waals surface area (Å²) in [5.41, 5.74) is -0.888. The molecule has 21 heavy (non-hydrogen) atoms. The van der Waals surface area contributed by atoms with E-state index in [1.165, 1.54) is 11.3 Å². The van der Waals surface area contributed by atoms with E-state index in [-0.39, 0.29) is 17.0 Å². The lowest BCUT2D eigenvalue weighted by molar-refractivity contribution is -0.128. The van der Waals surface area contributed by atoms with Crippen molar-refractivity contribution < 1.29 is 13.2 Å². The van der Waals surface area contributed by atoms with E-state index in [0.717, 1.165) is 11.3 Å². The summed E-state index contributed by atoms with van der Waals surface area (Å²) >= 11 is 1.53. The maximum atomic E-state index is 12.4. The molecule has 0 radical (unpaired) electrons. The minimum absolute atomic E-state index is 0.0618. The van der Waals surface area contributed by atoms with Gasteiger partial charge < -0.3 is 0 Å². The van der Waals surface area contributed by atoms with Gasteiger partial charge >= 0.3 is 0 Å². The third-order valence-corrected chi connectivity index (χ3v) is 7.96. The molecule has 4 nitrogen and oxygen atoms in total. The predicted octanol–water partition coefficient (Wildman–Crippen LogP) is 2.56. The van der Waals surface area contributed by atoms with Crippen molar-refractivity contribution in [3.05, 3.63) is 22.4 Å². The molecule has 2 aliphatic carbocycles. The van der Waals surface area contributed by atoms with E-state index in [4.69, 9.17) is 0 Å². The fourth-order valence-corrected chi connectivity index (χ4v) is 6.62. The van der Waals surface area contributed by atoms with Crippen LogP contribution < -0.4 is 4.72 Å². The summed E-state index contributed by atoms with van der Waals surface area (Å²) in [4.78, 5) is 13.4. The van der Waals surface area contributed by atoms with E-state index in [0.29, 0.717) is 25.3 Å². The number of fused-ring (bicyclic) bond motifs is 2. The topological polar surface area (TPSA) is 63.2 Å². The SMILES string of the molecule is CC1(C)[C@H]2CC[C@@]1(CS(=O)(=O)NCc1cccs1)C(=O)C2. The Bertz CT molecular complexity index is 648. The molecule has 2 fully saturated rings. The maximum Gasteiger partial charge on any atom is 0.212 e. The molecule has 6 heteroatoms. The Balaban J connectivity index is 1.77. The van der Waals surface area contributed by atoms with Crippen molar-refractivity contribution in [2.24, 2.45) is 16.7 Å². The molecule has 0 amide bonds. The second-order valence-electron chi connectivity index (χ2n) is 6.83. The summed E-state index contributed by atoms with van der Waals surface area (Å²) in [7, 11) is -3.45. The number of ketones is 1. The zero-order chi connectivity index (χ0) is 15.3. The lowest BCUT2D eigenvalue weighted by Gasteiger charge is -2.36. The van der Waals surface area contributed by atoms with Gasteiger partial charge in [0.2, 0.25) is 10.0 Å². The van der Waals surface area contributed by atoms with E-state index in [9.17, 15) is 13.2 Å². The summed E-state index contributed by atoms with van der Waals surface area (Å²) in [5.74, 6) is 0.427. The van der Waals surface area contributed by atoms with Gasteiger partial charge in [-0.05, 0) is 35.6 Å². The Morgan fingerprint density at radius 2 is 2.19 bits per heavy atom. The van der Waals surface area contributed by atoms with Gasteiger partial charge in [-0.2, -0.15) is 0 Å². The highest BCUT2D eigenvalue weighted by molar-refractivity contribution is 7.89. The summed E-state index contributed by atoms with van der Waals surface area (Å²) in [5, 5.41) is 1.92. The van der Waals surface area contributed by atoms with Crippen LogP contribution in [-0.4, -0.2) is 20.0 Å². The van der Waals surface area contributed by atoms with Crippen molar-refractivity contribution >= 4 is 27.1 Å². The Morgan fingerprint density at radius 1 is 1.43 bits per heavy atom. The number of sulfonamides is 1. The van der Waals surface area contributed by atoms with Crippen molar-refractivity contribution in [1.29, 1.82) is 0 Å². The molecule has 1 N–H and O–H groups in total. The fraction of sp³-hybridized carbons (Fsp3) is 0.667. The lowest BCUT2D eigenvalue weighted by atomic mass is 9.70. The van der Waals surface area contributed by atoms with Crippen LogP contribution in [0.5, 0.6) is 0 Å². The summed E-state index contributed by atoms with van der Waals surface area (Å²) in [6.07, 6.45) is 2.23. The molecule has 3 rings (SSSR count). The molecule has 116 valence electrons. The predicted molar refractivity (Wildman–Crippen MR) is 83.5 cm³/mol. The van der Waals surface area contributed by atoms with Crippen LogP contribution in [0.4, 0.5) is 0 Å². The highest BCUT2D eigenvalue weighted by Crippen LogP contribution is 2.64. The lowest BCUT2D eigenvalue weighted by Crippen LogP contribution is -2.45. The molecule has 0 aliphatic heterocycles. The number of nitrogens with one attached hydrogen (secondary N) is 1.